The lowest BCUT2D eigenvalue weighted by Gasteiger charge is -2.17. The number of aromatic nitrogens is 1. The third kappa shape index (κ3) is 5.70. The fourth-order valence-electron chi connectivity index (χ4n) is 1.99. The van der Waals surface area contributed by atoms with Gasteiger partial charge in [0.1, 0.15) is 0 Å². The van der Waals surface area contributed by atoms with Gasteiger partial charge in [-0.2, -0.15) is 17.4 Å². The highest BCUT2D eigenvalue weighted by atomic mass is 32.2. The molecular formula is C14H24N4O2S. The van der Waals surface area contributed by atoms with E-state index in [9.17, 15) is 8.42 Å². The molecule has 0 bridgehead atoms. The van der Waals surface area contributed by atoms with Gasteiger partial charge in [-0.25, -0.2) is 0 Å². The molecule has 1 aliphatic rings. The Morgan fingerprint density at radius 3 is 2.81 bits per heavy atom. The summed E-state index contributed by atoms with van der Waals surface area (Å²) >= 11 is 0. The first-order chi connectivity index (χ1) is 9.97. The molecule has 6 nitrogen and oxygen atoms in total. The van der Waals surface area contributed by atoms with Crippen molar-refractivity contribution in [1.29, 1.82) is 0 Å². The summed E-state index contributed by atoms with van der Waals surface area (Å²) in [6.07, 6.45) is 3.31. The van der Waals surface area contributed by atoms with Gasteiger partial charge in [0, 0.05) is 25.3 Å². The average Bonchev–Trinajstić information content (AvgIpc) is 3.25. The topological polar surface area (TPSA) is 74.3 Å². The maximum absolute atomic E-state index is 12.1. The summed E-state index contributed by atoms with van der Waals surface area (Å²) in [5.41, 5.74) is 1.61. The summed E-state index contributed by atoms with van der Waals surface area (Å²) in [6, 6.07) is 6.24. The van der Waals surface area contributed by atoms with Crippen LogP contribution in [0.1, 0.15) is 30.7 Å². The minimum atomic E-state index is -3.44. The quantitative estimate of drug-likeness (QED) is 0.662. The Labute approximate surface area is 127 Å². The zero-order chi connectivity index (χ0) is 15.3. The van der Waals surface area contributed by atoms with E-state index in [4.69, 9.17) is 0 Å². The van der Waals surface area contributed by atoms with Crippen molar-refractivity contribution in [2.24, 2.45) is 0 Å². The average molecular weight is 312 g/mol. The van der Waals surface area contributed by atoms with Crippen LogP contribution in [0.5, 0.6) is 0 Å². The van der Waals surface area contributed by atoms with Crippen LogP contribution in [0.3, 0.4) is 0 Å². The summed E-state index contributed by atoms with van der Waals surface area (Å²) in [6.45, 7) is 3.48. The van der Waals surface area contributed by atoms with Crippen molar-refractivity contribution in [3.63, 3.8) is 0 Å². The highest BCUT2D eigenvalue weighted by molar-refractivity contribution is 7.87. The number of nitrogens with one attached hydrogen (secondary N) is 2. The molecule has 1 aliphatic carbocycles. The summed E-state index contributed by atoms with van der Waals surface area (Å²) in [4.78, 5) is 4.28. The Bertz CT molecular complexity index is 558. The molecule has 0 aliphatic heterocycles. The number of hydrogen-bond acceptors (Lipinski definition) is 4. The van der Waals surface area contributed by atoms with E-state index < -0.39 is 10.2 Å². The Balaban J connectivity index is 1.73. The zero-order valence-corrected chi connectivity index (χ0v) is 13.5. The van der Waals surface area contributed by atoms with Gasteiger partial charge in [0.15, 0.2) is 0 Å². The molecule has 1 aromatic rings. The standard InChI is InChI=1S/C14H24N4O2S/c1-12-5-3-6-14(17-12)11-16-21(19,20)18(2)10-4-9-15-13-7-8-13/h3,5-6,13,15-16H,4,7-11H2,1-2H3. The van der Waals surface area contributed by atoms with E-state index in [1.165, 1.54) is 17.1 Å². The van der Waals surface area contributed by atoms with Gasteiger partial charge in [0.05, 0.1) is 12.2 Å². The lowest BCUT2D eigenvalue weighted by Crippen LogP contribution is -2.39. The second-order valence-corrected chi connectivity index (χ2v) is 7.36. The van der Waals surface area contributed by atoms with Crippen molar-refractivity contribution in [1.82, 2.24) is 19.3 Å². The minimum absolute atomic E-state index is 0.217. The van der Waals surface area contributed by atoms with E-state index in [2.05, 4.69) is 15.0 Å². The van der Waals surface area contributed by atoms with Gasteiger partial charge in [-0.15, -0.1) is 0 Å². The van der Waals surface area contributed by atoms with Crippen molar-refractivity contribution >= 4 is 10.2 Å². The molecule has 0 amide bonds. The SMILES string of the molecule is Cc1cccc(CNS(=O)(=O)N(C)CCCNC2CC2)n1. The van der Waals surface area contributed by atoms with Crippen molar-refractivity contribution in [2.45, 2.75) is 38.8 Å². The van der Waals surface area contributed by atoms with Gasteiger partial charge >= 0.3 is 0 Å². The van der Waals surface area contributed by atoms with Crippen molar-refractivity contribution in [2.75, 3.05) is 20.1 Å². The molecule has 118 valence electrons. The fourth-order valence-corrected chi connectivity index (χ4v) is 2.91. The first kappa shape index (κ1) is 16.4. The molecule has 1 heterocycles. The van der Waals surface area contributed by atoms with Crippen LogP contribution in [-0.4, -0.2) is 43.9 Å². The lowest BCUT2D eigenvalue weighted by atomic mass is 10.3. The summed E-state index contributed by atoms with van der Waals surface area (Å²) in [7, 11) is -1.84. The number of nitrogens with zero attached hydrogens (tertiary/aromatic N) is 2. The fraction of sp³-hybridized carbons (Fsp3) is 0.643. The van der Waals surface area contributed by atoms with Crippen LogP contribution in [-0.2, 0) is 16.8 Å². The third-order valence-electron chi connectivity index (χ3n) is 3.45. The van der Waals surface area contributed by atoms with Crippen molar-refractivity contribution in [3.05, 3.63) is 29.6 Å². The van der Waals surface area contributed by atoms with Crippen LogP contribution in [0, 0.1) is 6.92 Å². The number of hydrogen-bond donors (Lipinski definition) is 2. The summed E-state index contributed by atoms with van der Waals surface area (Å²) in [5.74, 6) is 0. The Morgan fingerprint density at radius 2 is 2.14 bits per heavy atom. The van der Waals surface area contributed by atoms with Gasteiger partial charge in [-0.3, -0.25) is 4.98 Å². The number of aryl methyl sites for hydroxylation is 1. The van der Waals surface area contributed by atoms with E-state index >= 15 is 0 Å². The van der Waals surface area contributed by atoms with Crippen LogP contribution in [0.15, 0.2) is 18.2 Å². The Morgan fingerprint density at radius 1 is 1.38 bits per heavy atom. The van der Waals surface area contributed by atoms with E-state index in [-0.39, 0.29) is 6.54 Å². The predicted octanol–water partition coefficient (Wildman–Crippen LogP) is 0.798. The second-order valence-electron chi connectivity index (χ2n) is 5.50. The molecule has 7 heteroatoms. The second kappa shape index (κ2) is 7.31. The van der Waals surface area contributed by atoms with E-state index in [0.717, 1.165) is 24.4 Å². The molecule has 0 aromatic carbocycles. The van der Waals surface area contributed by atoms with E-state index in [1.807, 2.05) is 25.1 Å². The minimum Gasteiger partial charge on any atom is -0.314 e. The molecule has 1 aromatic heterocycles. The lowest BCUT2D eigenvalue weighted by molar-refractivity contribution is 0.443. The van der Waals surface area contributed by atoms with Crippen LogP contribution >= 0.6 is 0 Å². The van der Waals surface area contributed by atoms with Gasteiger partial charge < -0.3 is 5.32 Å². The molecule has 0 atom stereocenters. The van der Waals surface area contributed by atoms with E-state index in [1.54, 1.807) is 7.05 Å². The first-order valence-electron chi connectivity index (χ1n) is 7.34. The summed E-state index contributed by atoms with van der Waals surface area (Å²) in [5, 5.41) is 3.38. The maximum Gasteiger partial charge on any atom is 0.279 e. The molecule has 21 heavy (non-hydrogen) atoms. The number of rotatable bonds is 9. The normalized spacial score (nSPS) is 15.6. The monoisotopic (exact) mass is 312 g/mol. The molecule has 0 saturated heterocycles. The zero-order valence-electron chi connectivity index (χ0n) is 12.7. The van der Waals surface area contributed by atoms with Gasteiger partial charge in [-0.05, 0) is 44.9 Å². The molecule has 1 fully saturated rings. The van der Waals surface area contributed by atoms with Crippen molar-refractivity contribution in [3.8, 4) is 0 Å². The van der Waals surface area contributed by atoms with Gasteiger partial charge in [0.25, 0.3) is 10.2 Å². The smallest absolute Gasteiger partial charge is 0.279 e. The molecule has 0 radical (unpaired) electrons. The summed E-state index contributed by atoms with van der Waals surface area (Å²) < 4.78 is 28.1. The molecule has 0 spiro atoms. The highest BCUT2D eigenvalue weighted by Gasteiger charge is 2.20. The van der Waals surface area contributed by atoms with Gasteiger partial charge in [0.2, 0.25) is 0 Å². The molecule has 2 rings (SSSR count). The largest absolute Gasteiger partial charge is 0.314 e. The highest BCUT2D eigenvalue weighted by Crippen LogP contribution is 2.18. The molecule has 2 N–H and O–H groups in total. The maximum atomic E-state index is 12.1. The predicted molar refractivity (Wildman–Crippen MR) is 83.0 cm³/mol. The van der Waals surface area contributed by atoms with Gasteiger partial charge in [-0.1, -0.05) is 6.07 Å². The Kier molecular flexibility index (Phi) is 5.69. The van der Waals surface area contributed by atoms with Crippen LogP contribution in [0.4, 0.5) is 0 Å². The molecule has 1 saturated carbocycles. The Hall–Kier alpha value is -1.02. The van der Waals surface area contributed by atoms with Crippen molar-refractivity contribution < 1.29 is 8.42 Å². The molecule has 0 unspecified atom stereocenters. The van der Waals surface area contributed by atoms with Crippen LogP contribution in [0.25, 0.3) is 0 Å². The van der Waals surface area contributed by atoms with E-state index in [0.29, 0.717) is 12.6 Å². The molecular weight excluding hydrogens is 288 g/mol. The first-order valence-corrected chi connectivity index (χ1v) is 8.78. The van der Waals surface area contributed by atoms with Crippen LogP contribution in [0.2, 0.25) is 0 Å². The number of pyridine rings is 1. The third-order valence-corrected chi connectivity index (χ3v) is 4.96. The van der Waals surface area contributed by atoms with Crippen LogP contribution < -0.4 is 10.0 Å².